The zero-order valence-electron chi connectivity index (χ0n) is 26.1. The van der Waals surface area contributed by atoms with E-state index in [0.29, 0.717) is 0 Å². The lowest BCUT2D eigenvalue weighted by Gasteiger charge is -2.26. The van der Waals surface area contributed by atoms with Gasteiger partial charge in [-0.1, -0.05) is 115 Å². The number of hydrogen-bond acceptors (Lipinski definition) is 2. The highest BCUT2D eigenvalue weighted by molar-refractivity contribution is 7.25. The predicted octanol–water partition coefficient (Wildman–Crippen LogP) is 13.8. The van der Waals surface area contributed by atoms with E-state index in [1.165, 1.54) is 74.4 Å². The van der Waals surface area contributed by atoms with Crippen molar-refractivity contribution in [3.63, 3.8) is 0 Å². The Hall–Kier alpha value is -5.96. The third-order valence-corrected chi connectivity index (χ3v) is 10.9. The van der Waals surface area contributed by atoms with Crippen molar-refractivity contribution in [3.8, 4) is 11.1 Å². The van der Waals surface area contributed by atoms with Crippen LogP contribution in [0.2, 0.25) is 0 Å². The van der Waals surface area contributed by atoms with Gasteiger partial charge in [0, 0.05) is 37.2 Å². The van der Waals surface area contributed by atoms with Gasteiger partial charge in [-0.15, -0.1) is 11.3 Å². The Bertz CT molecular complexity index is 2810. The fourth-order valence-electron chi connectivity index (χ4n) is 7.52. The quantitative estimate of drug-likeness (QED) is 0.176. The molecule has 0 aliphatic carbocycles. The lowest BCUT2D eigenvalue weighted by Crippen LogP contribution is -2.09. The van der Waals surface area contributed by atoms with E-state index in [1.54, 1.807) is 0 Å². The zero-order valence-corrected chi connectivity index (χ0v) is 26.9. The largest absolute Gasteiger partial charge is 0.310 e. The van der Waals surface area contributed by atoms with Gasteiger partial charge in [0.2, 0.25) is 0 Å². The highest BCUT2D eigenvalue weighted by Crippen LogP contribution is 2.42. The Morgan fingerprint density at radius 3 is 1.81 bits per heavy atom. The van der Waals surface area contributed by atoms with Crippen LogP contribution in [0.3, 0.4) is 0 Å². The number of fused-ring (bicyclic) bond motifs is 9. The molecule has 1 heterocycles. The molecular weight excluding hydrogens is 599 g/mol. The first-order chi connectivity index (χ1) is 23.8. The smallest absolute Gasteiger partial charge is 0.0468 e. The maximum atomic E-state index is 2.37. The summed E-state index contributed by atoms with van der Waals surface area (Å²) >= 11 is 1.87. The summed E-state index contributed by atoms with van der Waals surface area (Å²) in [6.07, 6.45) is 0. The molecule has 1 nitrogen and oxygen atoms in total. The molecule has 0 saturated heterocycles. The van der Waals surface area contributed by atoms with Crippen molar-refractivity contribution in [3.05, 3.63) is 176 Å². The van der Waals surface area contributed by atoms with Gasteiger partial charge in [0.15, 0.2) is 0 Å². The van der Waals surface area contributed by atoms with Crippen LogP contribution in [0.5, 0.6) is 0 Å². The van der Waals surface area contributed by atoms with Gasteiger partial charge in [0.25, 0.3) is 0 Å². The Kier molecular flexibility index (Phi) is 6.12. The maximum absolute atomic E-state index is 2.37. The molecule has 48 heavy (non-hydrogen) atoms. The van der Waals surface area contributed by atoms with Crippen LogP contribution < -0.4 is 4.90 Å². The average molecular weight is 628 g/mol. The second kappa shape index (κ2) is 10.8. The molecule has 0 amide bonds. The molecule has 0 spiro atoms. The van der Waals surface area contributed by atoms with Crippen molar-refractivity contribution in [1.29, 1.82) is 0 Å². The highest BCUT2D eigenvalue weighted by atomic mass is 32.1. The van der Waals surface area contributed by atoms with Crippen molar-refractivity contribution < 1.29 is 0 Å². The minimum atomic E-state index is 1.13. The number of nitrogens with zero attached hydrogens (tertiary/aromatic N) is 1. The first kappa shape index (κ1) is 27.2. The van der Waals surface area contributed by atoms with Crippen LogP contribution in [0.15, 0.2) is 176 Å². The summed E-state index contributed by atoms with van der Waals surface area (Å²) < 4.78 is 2.66. The van der Waals surface area contributed by atoms with Crippen LogP contribution in [0.1, 0.15) is 0 Å². The number of benzene rings is 9. The Morgan fingerprint density at radius 1 is 0.333 bits per heavy atom. The van der Waals surface area contributed by atoms with Crippen molar-refractivity contribution in [1.82, 2.24) is 0 Å². The first-order valence-corrected chi connectivity index (χ1v) is 17.2. The van der Waals surface area contributed by atoms with Crippen molar-refractivity contribution >= 4 is 91.7 Å². The minimum absolute atomic E-state index is 1.13. The van der Waals surface area contributed by atoms with E-state index >= 15 is 0 Å². The molecule has 0 fully saturated rings. The summed E-state index contributed by atoms with van der Waals surface area (Å²) in [6.45, 7) is 0. The normalized spacial score (nSPS) is 11.8. The van der Waals surface area contributed by atoms with Gasteiger partial charge < -0.3 is 4.90 Å². The molecule has 10 rings (SSSR count). The number of para-hydroxylation sites is 1. The average Bonchev–Trinajstić information content (AvgIpc) is 3.51. The van der Waals surface area contributed by atoms with Crippen molar-refractivity contribution in [2.75, 3.05) is 4.90 Å². The topological polar surface area (TPSA) is 3.24 Å². The molecule has 9 aromatic carbocycles. The van der Waals surface area contributed by atoms with Gasteiger partial charge >= 0.3 is 0 Å². The fraction of sp³-hybridized carbons (Fsp3) is 0. The van der Waals surface area contributed by atoms with Crippen LogP contribution in [0, 0.1) is 0 Å². The molecule has 0 aliphatic heterocycles. The third-order valence-electron chi connectivity index (χ3n) is 9.78. The van der Waals surface area contributed by atoms with E-state index in [9.17, 15) is 0 Å². The molecule has 10 aromatic rings. The zero-order chi connectivity index (χ0) is 31.6. The lowest BCUT2D eigenvalue weighted by molar-refractivity contribution is 1.29. The molecule has 0 aliphatic rings. The van der Waals surface area contributed by atoms with Gasteiger partial charge in [0.1, 0.15) is 0 Å². The van der Waals surface area contributed by atoms with Crippen LogP contribution in [0.4, 0.5) is 17.1 Å². The first-order valence-electron chi connectivity index (χ1n) is 16.4. The van der Waals surface area contributed by atoms with Crippen molar-refractivity contribution in [2.24, 2.45) is 0 Å². The van der Waals surface area contributed by atoms with E-state index in [-0.39, 0.29) is 0 Å². The van der Waals surface area contributed by atoms with E-state index in [4.69, 9.17) is 0 Å². The second-order valence-corrected chi connectivity index (χ2v) is 13.6. The fourth-order valence-corrected chi connectivity index (χ4v) is 8.65. The minimum Gasteiger partial charge on any atom is -0.310 e. The molecule has 1 aromatic heterocycles. The van der Waals surface area contributed by atoms with Crippen LogP contribution in [-0.4, -0.2) is 0 Å². The van der Waals surface area contributed by atoms with E-state index in [1.807, 2.05) is 11.3 Å². The molecule has 0 saturated carbocycles. The number of rotatable bonds is 4. The highest BCUT2D eigenvalue weighted by Gasteiger charge is 2.16. The molecule has 0 atom stereocenters. The summed E-state index contributed by atoms with van der Waals surface area (Å²) in [4.78, 5) is 2.37. The Morgan fingerprint density at radius 2 is 0.979 bits per heavy atom. The standard InChI is InChI=1S/C46H29NS/c1-2-12-35(13-3-1)47(37-24-20-32-27-43-40-16-8-9-17-44(40)48-45(43)29-34(32)26-37)36-22-18-31(19-23-36)42-28-33-11-5-7-15-39(33)46-38-14-6-4-10-30(38)21-25-41(42)46/h1-29H. The molecule has 2 heteroatoms. The molecule has 0 radical (unpaired) electrons. The molecule has 224 valence electrons. The van der Waals surface area contributed by atoms with E-state index in [2.05, 4.69) is 181 Å². The molecule has 0 unspecified atom stereocenters. The number of thiophene rings is 1. The maximum Gasteiger partial charge on any atom is 0.0468 e. The van der Waals surface area contributed by atoms with Crippen molar-refractivity contribution in [2.45, 2.75) is 0 Å². The molecule has 0 bridgehead atoms. The third kappa shape index (κ3) is 4.31. The van der Waals surface area contributed by atoms with Gasteiger partial charge in [-0.3, -0.25) is 0 Å². The van der Waals surface area contributed by atoms with E-state index < -0.39 is 0 Å². The van der Waals surface area contributed by atoms with Gasteiger partial charge in [-0.05, 0) is 115 Å². The van der Waals surface area contributed by atoms with Crippen LogP contribution in [-0.2, 0) is 0 Å². The second-order valence-electron chi connectivity index (χ2n) is 12.6. The van der Waals surface area contributed by atoms with Gasteiger partial charge in [0.05, 0.1) is 0 Å². The summed E-state index contributed by atoms with van der Waals surface area (Å²) in [7, 11) is 0. The Labute approximate surface area is 282 Å². The van der Waals surface area contributed by atoms with Gasteiger partial charge in [-0.2, -0.15) is 0 Å². The summed E-state index contributed by atoms with van der Waals surface area (Å²) in [6, 6.07) is 64.5. The van der Waals surface area contributed by atoms with E-state index in [0.717, 1.165) is 17.1 Å². The summed E-state index contributed by atoms with van der Waals surface area (Å²) in [5, 5.41) is 12.9. The number of hydrogen-bond donors (Lipinski definition) is 0. The van der Waals surface area contributed by atoms with Crippen LogP contribution >= 0.6 is 11.3 Å². The predicted molar refractivity (Wildman–Crippen MR) is 209 cm³/mol. The Balaban J connectivity index is 1.12. The summed E-state index contributed by atoms with van der Waals surface area (Å²) in [5.74, 6) is 0. The van der Waals surface area contributed by atoms with Crippen LogP contribution in [0.25, 0.3) is 74.4 Å². The summed E-state index contributed by atoms with van der Waals surface area (Å²) in [5.41, 5.74) is 5.87. The molecule has 0 N–H and O–H groups in total. The SMILES string of the molecule is c1ccc(N(c2ccc(-c3cc4ccccc4c4c3ccc3ccccc34)cc2)c2ccc3cc4c(cc3c2)sc2ccccc24)cc1. The van der Waals surface area contributed by atoms with Gasteiger partial charge in [-0.25, -0.2) is 0 Å². The molecular formula is C46H29NS. The lowest BCUT2D eigenvalue weighted by atomic mass is 9.90. The number of anilines is 3. The monoisotopic (exact) mass is 627 g/mol.